The Balaban J connectivity index is 0.000000176. The van der Waals surface area contributed by atoms with E-state index in [0.717, 1.165) is 84.1 Å². The van der Waals surface area contributed by atoms with E-state index in [4.69, 9.17) is 39.0 Å². The number of rotatable bonds is 13. The minimum absolute atomic E-state index is 0.0120. The van der Waals surface area contributed by atoms with Crippen molar-refractivity contribution in [2.24, 2.45) is 0 Å². The zero-order valence-corrected chi connectivity index (χ0v) is 48.5. The van der Waals surface area contributed by atoms with Crippen molar-refractivity contribution in [3.05, 3.63) is 124 Å². The monoisotopic (exact) mass is 1110 g/mol. The fourth-order valence-electron chi connectivity index (χ4n) is 9.00. The van der Waals surface area contributed by atoms with E-state index in [9.17, 15) is 24.0 Å². The molecule has 0 saturated heterocycles. The molecule has 3 aliphatic heterocycles. The number of aromatic nitrogens is 9. The zero-order chi connectivity index (χ0) is 58.5. The Morgan fingerprint density at radius 3 is 1.28 bits per heavy atom. The molecular formula is C59H78N12O10. The Labute approximate surface area is 473 Å². The molecule has 0 saturated carbocycles. The topological polar surface area (TPSA) is 244 Å². The van der Waals surface area contributed by atoms with Gasteiger partial charge in [-0.1, -0.05) is 18.2 Å². The second-order valence-corrected chi connectivity index (χ2v) is 22.9. The number of aliphatic hydroxyl groups excluding tert-OH is 1. The van der Waals surface area contributed by atoms with Crippen molar-refractivity contribution in [2.75, 3.05) is 40.9 Å². The molecule has 0 aromatic carbocycles. The second-order valence-electron chi connectivity index (χ2n) is 22.9. The molecule has 81 heavy (non-hydrogen) atoms. The van der Waals surface area contributed by atoms with Gasteiger partial charge < -0.3 is 24.1 Å². The highest BCUT2D eigenvalue weighted by atomic mass is 16.6. The van der Waals surface area contributed by atoms with Crippen molar-refractivity contribution in [3.63, 3.8) is 0 Å². The van der Waals surface area contributed by atoms with Crippen LogP contribution in [0.4, 0.5) is 31.8 Å². The number of amides is 3. The Morgan fingerprint density at radius 1 is 0.543 bits per heavy atom. The molecule has 3 aliphatic rings. The lowest BCUT2D eigenvalue weighted by Gasteiger charge is -2.31. The van der Waals surface area contributed by atoms with Crippen molar-refractivity contribution >= 4 is 48.0 Å². The molecule has 22 nitrogen and oxygen atoms in total. The maximum atomic E-state index is 12.6. The van der Waals surface area contributed by atoms with Gasteiger partial charge in [0, 0.05) is 99.8 Å². The number of carbonyl (C=O) groups is 5. The summed E-state index contributed by atoms with van der Waals surface area (Å²) in [5.74, 6) is 1.70. The average Bonchev–Trinajstić information content (AvgIpc) is 4.24. The third kappa shape index (κ3) is 17.7. The molecule has 22 heteroatoms. The normalized spacial score (nSPS) is 14.0. The summed E-state index contributed by atoms with van der Waals surface area (Å²) < 4.78 is 26.8. The zero-order valence-electron chi connectivity index (χ0n) is 48.5. The molecule has 0 fully saturated rings. The highest BCUT2D eigenvalue weighted by Crippen LogP contribution is 2.30. The van der Waals surface area contributed by atoms with Gasteiger partial charge in [0.15, 0.2) is 6.29 Å². The van der Waals surface area contributed by atoms with Crippen molar-refractivity contribution in [2.45, 2.75) is 170 Å². The third-order valence-electron chi connectivity index (χ3n) is 12.7. The Morgan fingerprint density at radius 2 is 0.926 bits per heavy atom. The molecule has 434 valence electrons. The summed E-state index contributed by atoms with van der Waals surface area (Å²) in [6, 6.07) is 12.1. The first-order valence-electron chi connectivity index (χ1n) is 27.8. The standard InChI is InChI=1S/C21H28N4O4.C19H26N4O3.C19H24N4O3/c1-5-28-19(26)16-13-22-24(14-16)12-10-17-9-8-15-7-6-11-25(18(15)23-17)20(27)29-21(2,3)4;2*1-19(2,3)26-18(25)23-9-4-5-15-6-7-16(21-17(15)23)8-10-22-12-14(13-24)11-20-22/h8-9,13-14H,5-7,10-12H2,1-4H3;6-7,11-12,24H,4-5,8-10,13H2,1-3H3;6-7,11-13H,4-5,8-10H2,1-3H3. The van der Waals surface area contributed by atoms with Crippen LogP contribution in [0.25, 0.3) is 0 Å². The van der Waals surface area contributed by atoms with Crippen LogP contribution in [0.5, 0.6) is 0 Å². The highest BCUT2D eigenvalue weighted by molar-refractivity contribution is 5.90. The van der Waals surface area contributed by atoms with E-state index in [1.54, 1.807) is 54.3 Å². The van der Waals surface area contributed by atoms with Crippen LogP contribution in [0.3, 0.4) is 0 Å². The van der Waals surface area contributed by atoms with E-state index < -0.39 is 16.8 Å². The SMILES string of the molecule is CC(C)(C)OC(=O)N1CCCc2ccc(CCn3cc(C=O)cn3)nc21.CC(C)(C)OC(=O)N1CCCc2ccc(CCn3cc(CO)cn3)nc21.CCOC(=O)c1cnn(CCc2ccc3c(n2)N(C(=O)OC(C)(C)C)CCC3)c1. The van der Waals surface area contributed by atoms with Crippen LogP contribution in [-0.2, 0) is 83.7 Å². The fourth-order valence-corrected chi connectivity index (χ4v) is 9.00. The Bertz CT molecular complexity index is 3130. The molecule has 0 aliphatic carbocycles. The van der Waals surface area contributed by atoms with Gasteiger partial charge in [0.2, 0.25) is 0 Å². The van der Waals surface area contributed by atoms with Crippen LogP contribution in [0.2, 0.25) is 0 Å². The van der Waals surface area contributed by atoms with E-state index in [-0.39, 0.29) is 30.9 Å². The molecule has 9 heterocycles. The van der Waals surface area contributed by atoms with Crippen molar-refractivity contribution < 1.29 is 48.0 Å². The van der Waals surface area contributed by atoms with Crippen LogP contribution < -0.4 is 14.7 Å². The number of anilines is 3. The summed E-state index contributed by atoms with van der Waals surface area (Å²) >= 11 is 0. The van der Waals surface area contributed by atoms with Gasteiger partial charge in [0.25, 0.3) is 0 Å². The molecular weight excluding hydrogens is 1040 g/mol. The molecule has 0 unspecified atom stereocenters. The average molecular weight is 1120 g/mol. The molecule has 9 rings (SSSR count). The fraction of sp³-hybridized carbons (Fsp3) is 0.508. The number of fused-ring (bicyclic) bond motifs is 3. The van der Waals surface area contributed by atoms with Crippen molar-refractivity contribution in [3.8, 4) is 0 Å². The lowest BCUT2D eigenvalue weighted by atomic mass is 10.0. The van der Waals surface area contributed by atoms with Gasteiger partial charge in [-0.3, -0.25) is 33.5 Å². The Hall–Kier alpha value is -8.01. The van der Waals surface area contributed by atoms with E-state index in [2.05, 4.69) is 21.4 Å². The molecule has 6 aromatic rings. The van der Waals surface area contributed by atoms with Crippen LogP contribution in [0.1, 0.15) is 149 Å². The van der Waals surface area contributed by atoms with Gasteiger partial charge in [0.1, 0.15) is 34.3 Å². The van der Waals surface area contributed by atoms with Crippen LogP contribution in [0, 0.1) is 0 Å². The van der Waals surface area contributed by atoms with Gasteiger partial charge in [-0.15, -0.1) is 0 Å². The first-order chi connectivity index (χ1) is 38.5. The predicted octanol–water partition coefficient (Wildman–Crippen LogP) is 9.11. The van der Waals surface area contributed by atoms with E-state index in [1.165, 1.54) is 12.4 Å². The van der Waals surface area contributed by atoms with Gasteiger partial charge in [-0.05, 0) is 143 Å². The summed E-state index contributed by atoms with van der Waals surface area (Å²) in [6.45, 7) is 22.5. The summed E-state index contributed by atoms with van der Waals surface area (Å²) in [4.78, 5) is 79.2. The Kier molecular flexibility index (Phi) is 20.2. The van der Waals surface area contributed by atoms with Gasteiger partial charge in [-0.2, -0.15) is 15.3 Å². The molecule has 1 N–H and O–H groups in total. The van der Waals surface area contributed by atoms with E-state index in [0.29, 0.717) is 93.7 Å². The smallest absolute Gasteiger partial charge is 0.416 e. The number of carbonyl (C=O) groups excluding carboxylic acids is 5. The van der Waals surface area contributed by atoms with Crippen LogP contribution in [-0.4, -0.2) is 123 Å². The minimum Gasteiger partial charge on any atom is -0.462 e. The van der Waals surface area contributed by atoms with E-state index >= 15 is 0 Å². The summed E-state index contributed by atoms with van der Waals surface area (Å²) in [7, 11) is 0. The predicted molar refractivity (Wildman–Crippen MR) is 303 cm³/mol. The van der Waals surface area contributed by atoms with Crippen LogP contribution in [0.15, 0.2) is 73.6 Å². The first-order valence-corrected chi connectivity index (χ1v) is 27.8. The largest absolute Gasteiger partial charge is 0.462 e. The molecule has 3 amide bonds. The second kappa shape index (κ2) is 27.0. The maximum Gasteiger partial charge on any atom is 0.416 e. The molecule has 0 radical (unpaired) electrons. The van der Waals surface area contributed by atoms with E-state index in [1.807, 2.05) is 98.8 Å². The third-order valence-corrected chi connectivity index (χ3v) is 12.7. The maximum absolute atomic E-state index is 12.6. The highest BCUT2D eigenvalue weighted by Gasteiger charge is 2.32. The number of pyridine rings is 3. The van der Waals surface area contributed by atoms with Gasteiger partial charge in [-0.25, -0.2) is 34.1 Å². The minimum atomic E-state index is -0.553. The summed E-state index contributed by atoms with van der Waals surface area (Å²) in [6.07, 6.45) is 17.0. The first kappa shape index (κ1) is 60.6. The number of ether oxygens (including phenoxy) is 4. The van der Waals surface area contributed by atoms with Crippen molar-refractivity contribution in [1.29, 1.82) is 0 Å². The summed E-state index contributed by atoms with van der Waals surface area (Å²) in [5, 5.41) is 21.7. The van der Waals surface area contributed by atoms with Gasteiger partial charge in [0.05, 0.1) is 42.9 Å². The summed E-state index contributed by atoms with van der Waals surface area (Å²) in [5.41, 5.74) is 5.98. The number of esters is 1. The molecule has 0 spiro atoms. The van der Waals surface area contributed by atoms with Gasteiger partial charge >= 0.3 is 24.2 Å². The van der Waals surface area contributed by atoms with Crippen molar-refractivity contribution in [1.82, 2.24) is 44.3 Å². The quantitative estimate of drug-likeness (QED) is 0.0643. The number of aldehydes is 1. The molecule has 0 bridgehead atoms. The number of aryl methyl sites for hydroxylation is 9. The number of hydrogen-bond acceptors (Lipinski definition) is 16. The van der Waals surface area contributed by atoms with Crippen LogP contribution >= 0.6 is 0 Å². The number of aliphatic hydroxyl groups is 1. The lowest BCUT2D eigenvalue weighted by molar-refractivity contribution is 0.0522. The molecule has 0 atom stereocenters. The lowest BCUT2D eigenvalue weighted by Crippen LogP contribution is -2.40. The molecule has 6 aromatic heterocycles. The number of nitrogens with zero attached hydrogens (tertiary/aromatic N) is 12. The number of hydrogen-bond donors (Lipinski definition) is 1.